The van der Waals surface area contributed by atoms with Gasteiger partial charge < -0.3 is 4.74 Å². The fraction of sp³-hybridized carbons (Fsp3) is 0.500. The first-order chi connectivity index (χ1) is 10.9. The molecule has 5 nitrogen and oxygen atoms in total. The van der Waals surface area contributed by atoms with E-state index in [1.165, 1.54) is 13.8 Å². The van der Waals surface area contributed by atoms with E-state index in [1.54, 1.807) is 0 Å². The van der Waals surface area contributed by atoms with Crippen molar-refractivity contribution in [3.63, 3.8) is 0 Å². The van der Waals surface area contributed by atoms with Gasteiger partial charge in [-0.1, -0.05) is 25.4 Å². The van der Waals surface area contributed by atoms with Crippen molar-refractivity contribution in [3.8, 4) is 0 Å². The Hall–Kier alpha value is -1.32. The SMILES string of the molecule is CCN(CC(C)C(=O)OC)S(=O)(=O)c1cc(C(F)(F)F)ccc1Cl. The number of ether oxygens (including phenoxy) is 1. The van der Waals surface area contributed by atoms with Gasteiger partial charge in [0.15, 0.2) is 0 Å². The Labute approximate surface area is 143 Å². The van der Waals surface area contributed by atoms with Crippen LogP contribution in [0.3, 0.4) is 0 Å². The van der Waals surface area contributed by atoms with E-state index in [0.29, 0.717) is 12.1 Å². The summed E-state index contributed by atoms with van der Waals surface area (Å²) in [4.78, 5) is 10.8. The summed E-state index contributed by atoms with van der Waals surface area (Å²) in [6.45, 7) is 2.68. The maximum Gasteiger partial charge on any atom is 0.416 e. The fourth-order valence-corrected chi connectivity index (χ4v) is 4.03. The number of methoxy groups -OCH3 is 1. The quantitative estimate of drug-likeness (QED) is 0.703. The van der Waals surface area contributed by atoms with Gasteiger partial charge in [0, 0.05) is 13.1 Å². The van der Waals surface area contributed by atoms with Crippen LogP contribution in [0.25, 0.3) is 0 Å². The number of benzene rings is 1. The number of halogens is 4. The second kappa shape index (κ2) is 7.71. The van der Waals surface area contributed by atoms with Crippen LogP contribution in [0.1, 0.15) is 19.4 Å². The highest BCUT2D eigenvalue weighted by Crippen LogP contribution is 2.34. The van der Waals surface area contributed by atoms with Crippen molar-refractivity contribution in [1.29, 1.82) is 0 Å². The lowest BCUT2D eigenvalue weighted by Gasteiger charge is -2.24. The number of alkyl halides is 3. The number of carbonyl (C=O) groups excluding carboxylic acids is 1. The average molecular weight is 388 g/mol. The topological polar surface area (TPSA) is 63.7 Å². The van der Waals surface area contributed by atoms with E-state index in [-0.39, 0.29) is 18.1 Å². The molecule has 0 heterocycles. The molecule has 0 N–H and O–H groups in total. The number of hydrogen-bond donors (Lipinski definition) is 0. The van der Waals surface area contributed by atoms with Gasteiger partial charge in [0.25, 0.3) is 0 Å². The minimum absolute atomic E-state index is 0.0454. The Morgan fingerprint density at radius 3 is 2.42 bits per heavy atom. The molecule has 1 unspecified atom stereocenters. The van der Waals surface area contributed by atoms with E-state index in [2.05, 4.69) is 4.74 Å². The predicted octanol–water partition coefficient (Wildman–Crippen LogP) is 3.18. The molecule has 0 bridgehead atoms. The van der Waals surface area contributed by atoms with Crippen LogP contribution < -0.4 is 0 Å². The van der Waals surface area contributed by atoms with Gasteiger partial charge in [-0.15, -0.1) is 0 Å². The van der Waals surface area contributed by atoms with Gasteiger partial charge in [-0.25, -0.2) is 8.42 Å². The zero-order valence-electron chi connectivity index (χ0n) is 13.2. The normalized spacial score (nSPS) is 13.8. The second-order valence-corrected chi connectivity index (χ2v) is 7.34. The molecule has 0 aromatic heterocycles. The summed E-state index contributed by atoms with van der Waals surface area (Å²) in [5.41, 5.74) is -1.12. The molecule has 0 spiro atoms. The molecule has 10 heteroatoms. The van der Waals surface area contributed by atoms with Crippen molar-refractivity contribution >= 4 is 27.6 Å². The smallest absolute Gasteiger partial charge is 0.416 e. The summed E-state index contributed by atoms with van der Waals surface area (Å²) in [5.74, 6) is -1.41. The van der Waals surface area contributed by atoms with Gasteiger partial charge in [0.05, 0.1) is 23.6 Å². The highest BCUT2D eigenvalue weighted by molar-refractivity contribution is 7.89. The summed E-state index contributed by atoms with van der Waals surface area (Å²) < 4.78 is 69.1. The van der Waals surface area contributed by atoms with Crippen molar-refractivity contribution < 1.29 is 31.1 Å². The predicted molar refractivity (Wildman–Crippen MR) is 82.1 cm³/mol. The Morgan fingerprint density at radius 2 is 1.96 bits per heavy atom. The Bertz CT molecular complexity index is 706. The van der Waals surface area contributed by atoms with Gasteiger partial charge in [0.1, 0.15) is 4.90 Å². The van der Waals surface area contributed by atoms with Crippen molar-refractivity contribution in [3.05, 3.63) is 28.8 Å². The van der Waals surface area contributed by atoms with Crippen LogP contribution >= 0.6 is 11.6 Å². The minimum Gasteiger partial charge on any atom is -0.469 e. The van der Waals surface area contributed by atoms with Crippen LogP contribution in [-0.2, 0) is 25.7 Å². The van der Waals surface area contributed by atoms with Crippen LogP contribution in [0.5, 0.6) is 0 Å². The molecule has 0 amide bonds. The van der Waals surface area contributed by atoms with E-state index in [0.717, 1.165) is 17.5 Å². The molecule has 0 saturated carbocycles. The first-order valence-electron chi connectivity index (χ1n) is 6.89. The monoisotopic (exact) mass is 387 g/mol. The molecular weight excluding hydrogens is 371 g/mol. The zero-order chi connectivity index (χ0) is 18.7. The van der Waals surface area contributed by atoms with Crippen LogP contribution in [0.15, 0.2) is 23.1 Å². The van der Waals surface area contributed by atoms with E-state index in [9.17, 15) is 26.4 Å². The van der Waals surface area contributed by atoms with E-state index in [4.69, 9.17) is 11.6 Å². The third-order valence-electron chi connectivity index (χ3n) is 3.31. The summed E-state index contributed by atoms with van der Waals surface area (Å²) in [7, 11) is -3.15. The van der Waals surface area contributed by atoms with Crippen molar-refractivity contribution in [1.82, 2.24) is 4.31 Å². The molecule has 1 rings (SSSR count). The number of carbonyl (C=O) groups is 1. The third kappa shape index (κ3) is 4.61. The Balaban J connectivity index is 3.29. The first kappa shape index (κ1) is 20.7. The molecule has 136 valence electrons. The highest BCUT2D eigenvalue weighted by atomic mass is 35.5. The molecule has 1 atom stereocenters. The van der Waals surface area contributed by atoms with Gasteiger partial charge >= 0.3 is 12.1 Å². The van der Waals surface area contributed by atoms with Gasteiger partial charge in [-0.2, -0.15) is 17.5 Å². The number of esters is 1. The van der Waals surface area contributed by atoms with Crippen molar-refractivity contribution in [2.24, 2.45) is 5.92 Å². The molecular formula is C14H17ClF3NO4S. The molecule has 0 aliphatic rings. The molecule has 0 radical (unpaired) electrons. The van der Waals surface area contributed by atoms with E-state index in [1.807, 2.05) is 0 Å². The van der Waals surface area contributed by atoms with E-state index >= 15 is 0 Å². The highest BCUT2D eigenvalue weighted by Gasteiger charge is 2.35. The second-order valence-electron chi connectivity index (χ2n) is 5.02. The molecule has 1 aromatic rings. The number of hydrogen-bond acceptors (Lipinski definition) is 4. The average Bonchev–Trinajstić information content (AvgIpc) is 2.50. The molecule has 1 aromatic carbocycles. The number of rotatable bonds is 6. The number of sulfonamides is 1. The standard InChI is InChI=1S/C14H17ClF3NO4S/c1-4-19(8-9(2)13(20)23-3)24(21,22)12-7-10(14(16,17)18)5-6-11(12)15/h5-7,9H,4,8H2,1-3H3. The molecule has 0 aliphatic heterocycles. The van der Waals surface area contributed by atoms with Crippen molar-refractivity contribution in [2.75, 3.05) is 20.2 Å². The van der Waals surface area contributed by atoms with Crippen LogP contribution in [0.2, 0.25) is 5.02 Å². The van der Waals surface area contributed by atoms with Crippen molar-refractivity contribution in [2.45, 2.75) is 24.9 Å². The Kier molecular flexibility index (Phi) is 6.66. The zero-order valence-corrected chi connectivity index (χ0v) is 14.8. The lowest BCUT2D eigenvalue weighted by molar-refractivity contribution is -0.145. The maximum atomic E-state index is 12.8. The summed E-state index contributed by atoms with van der Waals surface area (Å²) in [6.07, 6.45) is -4.70. The summed E-state index contributed by atoms with van der Waals surface area (Å²) >= 11 is 5.79. The molecule has 0 aliphatic carbocycles. The molecule has 0 saturated heterocycles. The fourth-order valence-electron chi connectivity index (χ4n) is 1.99. The summed E-state index contributed by atoms with van der Waals surface area (Å²) in [5, 5.41) is -0.327. The molecule has 24 heavy (non-hydrogen) atoms. The summed E-state index contributed by atoms with van der Waals surface area (Å²) in [6, 6.07) is 2.08. The number of nitrogens with zero attached hydrogens (tertiary/aromatic N) is 1. The maximum absolute atomic E-state index is 12.8. The largest absolute Gasteiger partial charge is 0.469 e. The first-order valence-corrected chi connectivity index (χ1v) is 8.71. The van der Waals surface area contributed by atoms with Gasteiger partial charge in [-0.05, 0) is 18.2 Å². The minimum atomic E-state index is -4.70. The van der Waals surface area contributed by atoms with E-state index < -0.39 is 38.5 Å². The lowest BCUT2D eigenvalue weighted by Crippen LogP contribution is -2.37. The van der Waals surface area contributed by atoms with Gasteiger partial charge in [0.2, 0.25) is 10.0 Å². The third-order valence-corrected chi connectivity index (χ3v) is 5.73. The lowest BCUT2D eigenvalue weighted by atomic mass is 10.2. The van der Waals surface area contributed by atoms with Gasteiger partial charge in [-0.3, -0.25) is 4.79 Å². The Morgan fingerprint density at radius 1 is 1.38 bits per heavy atom. The van der Waals surface area contributed by atoms with Crippen LogP contribution in [0, 0.1) is 5.92 Å². The van der Waals surface area contributed by atoms with Crippen LogP contribution in [0.4, 0.5) is 13.2 Å². The molecule has 0 fully saturated rings. The van der Waals surface area contributed by atoms with Crippen LogP contribution in [-0.4, -0.2) is 38.9 Å².